The molecule has 17 nitrogen and oxygen atoms in total. The summed E-state index contributed by atoms with van der Waals surface area (Å²) >= 11 is 0. The van der Waals surface area contributed by atoms with Crippen molar-refractivity contribution >= 4 is 57.4 Å². The van der Waals surface area contributed by atoms with E-state index in [4.69, 9.17) is 28.9 Å². The number of ether oxygens (including phenoxy) is 4. The van der Waals surface area contributed by atoms with Crippen LogP contribution in [-0.4, -0.2) is 109 Å². The summed E-state index contributed by atoms with van der Waals surface area (Å²) in [6.45, 7) is 6.67. The maximum Gasteiger partial charge on any atom is 0.295 e. The molecule has 336 valence electrons. The third-order valence-corrected chi connectivity index (χ3v) is 10.2. The maximum atomic E-state index is 12.7. The molecule has 4 aromatic carbocycles. The van der Waals surface area contributed by atoms with Gasteiger partial charge in [0.2, 0.25) is 23.8 Å². The molecule has 0 saturated carbocycles. The van der Waals surface area contributed by atoms with Crippen LogP contribution >= 0.6 is 0 Å². The number of methoxy groups -OCH3 is 2. The van der Waals surface area contributed by atoms with Crippen LogP contribution in [0.4, 0.5) is 35.2 Å². The van der Waals surface area contributed by atoms with Crippen LogP contribution in [0.15, 0.2) is 108 Å². The van der Waals surface area contributed by atoms with Crippen LogP contribution in [0.25, 0.3) is 12.2 Å². The molecule has 0 amide bonds. The summed E-state index contributed by atoms with van der Waals surface area (Å²) in [7, 11) is -1.40. The predicted octanol–water partition coefficient (Wildman–Crippen LogP) is 7.07. The van der Waals surface area contributed by atoms with E-state index in [1.807, 2.05) is 98.8 Å². The Hall–Kier alpha value is -6.41. The smallest absolute Gasteiger partial charge is 0.295 e. The number of para-hydroxylation sites is 1. The summed E-state index contributed by atoms with van der Waals surface area (Å²) in [5.41, 5.74) is 4.21. The first-order chi connectivity index (χ1) is 31.0. The topological polar surface area (TPSA) is 217 Å². The highest BCUT2D eigenvalue weighted by Gasteiger charge is 2.17. The SMILES string of the molecule is COCCOCC(C)Nc1nc(Cc2ccc(/C=C/c3ccc(Nc4nc(Cc5ccccc5)nc(NC(C)COCCOC)n4)cc3S(=O)(=O)O)cc2)nc(Nc2ccccc2)n1. The number of hydrogen-bond acceptors (Lipinski definition) is 16. The molecule has 2 atom stereocenters. The first kappa shape index (κ1) is 47.1. The van der Waals surface area contributed by atoms with Crippen molar-refractivity contribution < 1.29 is 31.9 Å². The van der Waals surface area contributed by atoms with Crippen molar-refractivity contribution in [2.24, 2.45) is 0 Å². The van der Waals surface area contributed by atoms with Gasteiger partial charge in [0.05, 0.1) is 39.6 Å². The molecule has 0 aliphatic rings. The molecule has 64 heavy (non-hydrogen) atoms. The van der Waals surface area contributed by atoms with Gasteiger partial charge in [-0.2, -0.15) is 38.3 Å². The fourth-order valence-electron chi connectivity index (χ4n) is 6.21. The highest BCUT2D eigenvalue weighted by atomic mass is 32.2. The second kappa shape index (κ2) is 23.9. The highest BCUT2D eigenvalue weighted by Crippen LogP contribution is 2.26. The van der Waals surface area contributed by atoms with Crippen LogP contribution in [-0.2, 0) is 41.9 Å². The van der Waals surface area contributed by atoms with Gasteiger partial charge in [0.15, 0.2) is 0 Å². The van der Waals surface area contributed by atoms with Crippen LogP contribution in [0, 0.1) is 0 Å². The Morgan fingerprint density at radius 2 is 1.08 bits per heavy atom. The van der Waals surface area contributed by atoms with Crippen molar-refractivity contribution in [2.75, 3.05) is 75.1 Å². The van der Waals surface area contributed by atoms with Gasteiger partial charge in [-0.05, 0) is 60.4 Å². The van der Waals surface area contributed by atoms with Gasteiger partial charge in [0, 0.05) is 50.5 Å². The average Bonchev–Trinajstić information content (AvgIpc) is 3.27. The van der Waals surface area contributed by atoms with Crippen molar-refractivity contribution in [1.29, 1.82) is 0 Å². The quantitative estimate of drug-likeness (QED) is 0.0221. The number of nitrogens with zero attached hydrogens (tertiary/aromatic N) is 6. The third kappa shape index (κ3) is 15.4. The zero-order valence-electron chi connectivity index (χ0n) is 36.3. The predicted molar refractivity (Wildman–Crippen MR) is 248 cm³/mol. The Morgan fingerprint density at radius 3 is 1.61 bits per heavy atom. The van der Waals surface area contributed by atoms with Crippen molar-refractivity contribution in [2.45, 2.75) is 43.7 Å². The van der Waals surface area contributed by atoms with Crippen LogP contribution < -0.4 is 21.3 Å². The molecule has 0 aliphatic carbocycles. The van der Waals surface area contributed by atoms with Gasteiger partial charge in [-0.1, -0.05) is 91.0 Å². The Balaban J connectivity index is 1.16. The summed E-state index contributed by atoms with van der Waals surface area (Å²) in [4.78, 5) is 27.5. The normalized spacial score (nSPS) is 12.5. The van der Waals surface area contributed by atoms with Gasteiger partial charge < -0.3 is 40.2 Å². The Labute approximate surface area is 373 Å². The molecule has 2 heterocycles. The zero-order chi connectivity index (χ0) is 45.2. The summed E-state index contributed by atoms with van der Waals surface area (Å²) in [5.74, 6) is 2.35. The molecule has 18 heteroatoms. The Bertz CT molecular complexity index is 2520. The summed E-state index contributed by atoms with van der Waals surface area (Å²) in [5, 5.41) is 12.9. The standard InChI is InChI=1S/C46H54N10O7S/c1-32(30-62-25-23-60-3)47-43-52-42(53-45(55-43)49-38-13-9-6-10-14-38)28-36-17-15-34(16-18-36)19-20-37-21-22-39(29-40(37)64(57,58)59)50-46-54-41(27-35-11-7-5-8-12-35)51-44(56-46)48-33(2)31-63-26-24-61-4/h5-22,29,32-33H,23-28,30-31H2,1-4H3,(H,57,58,59)(H2,47,49,52,53,55)(H2,48,50,51,54,56)/b20-19+. The Morgan fingerprint density at radius 1 is 0.578 bits per heavy atom. The van der Waals surface area contributed by atoms with Crippen molar-refractivity contribution in [3.05, 3.63) is 137 Å². The minimum absolute atomic E-state index is 0.0760. The maximum absolute atomic E-state index is 12.7. The van der Waals surface area contributed by atoms with E-state index in [0.717, 1.165) is 22.4 Å². The van der Waals surface area contributed by atoms with E-state index in [1.54, 1.807) is 38.5 Å². The van der Waals surface area contributed by atoms with E-state index < -0.39 is 10.1 Å². The number of anilines is 6. The van der Waals surface area contributed by atoms with Crippen LogP contribution in [0.5, 0.6) is 0 Å². The first-order valence-corrected chi connectivity index (χ1v) is 22.1. The molecule has 0 spiro atoms. The van der Waals surface area contributed by atoms with E-state index in [-0.39, 0.29) is 28.5 Å². The Kier molecular flexibility index (Phi) is 17.6. The van der Waals surface area contributed by atoms with E-state index in [1.165, 1.54) is 6.07 Å². The van der Waals surface area contributed by atoms with E-state index in [2.05, 4.69) is 41.2 Å². The highest BCUT2D eigenvalue weighted by molar-refractivity contribution is 7.86. The lowest BCUT2D eigenvalue weighted by molar-refractivity contribution is 0.0676. The van der Waals surface area contributed by atoms with Gasteiger partial charge in [-0.3, -0.25) is 4.55 Å². The van der Waals surface area contributed by atoms with E-state index >= 15 is 0 Å². The number of hydrogen-bond donors (Lipinski definition) is 5. The summed E-state index contributed by atoms with van der Waals surface area (Å²) in [6.07, 6.45) is 4.25. The van der Waals surface area contributed by atoms with Crippen molar-refractivity contribution in [1.82, 2.24) is 29.9 Å². The molecule has 0 saturated heterocycles. The molecular weight excluding hydrogens is 837 g/mol. The molecule has 0 fully saturated rings. The van der Waals surface area contributed by atoms with Crippen molar-refractivity contribution in [3.8, 4) is 0 Å². The van der Waals surface area contributed by atoms with Gasteiger partial charge in [0.25, 0.3) is 10.1 Å². The van der Waals surface area contributed by atoms with Gasteiger partial charge in [-0.25, -0.2) is 0 Å². The molecule has 0 bridgehead atoms. The number of aromatic nitrogens is 6. The van der Waals surface area contributed by atoms with Gasteiger partial charge >= 0.3 is 0 Å². The minimum atomic E-state index is -4.64. The molecule has 5 N–H and O–H groups in total. The first-order valence-electron chi connectivity index (χ1n) is 20.7. The van der Waals surface area contributed by atoms with Crippen LogP contribution in [0.2, 0.25) is 0 Å². The molecule has 0 radical (unpaired) electrons. The minimum Gasteiger partial charge on any atom is -0.382 e. The fourth-order valence-corrected chi connectivity index (χ4v) is 6.92. The number of nitrogens with one attached hydrogen (secondary N) is 4. The lowest BCUT2D eigenvalue weighted by Crippen LogP contribution is -2.24. The van der Waals surface area contributed by atoms with Crippen LogP contribution in [0.3, 0.4) is 0 Å². The summed E-state index contributed by atoms with van der Waals surface area (Å²) in [6, 6.07) is 31.5. The molecule has 0 aliphatic heterocycles. The summed E-state index contributed by atoms with van der Waals surface area (Å²) < 4.78 is 57.2. The second-order valence-electron chi connectivity index (χ2n) is 14.8. The number of benzene rings is 4. The van der Waals surface area contributed by atoms with Crippen molar-refractivity contribution in [3.63, 3.8) is 0 Å². The van der Waals surface area contributed by atoms with E-state index in [9.17, 15) is 13.0 Å². The monoisotopic (exact) mass is 890 g/mol. The zero-order valence-corrected chi connectivity index (χ0v) is 37.1. The van der Waals surface area contributed by atoms with E-state index in [0.29, 0.717) is 87.7 Å². The van der Waals surface area contributed by atoms with Crippen LogP contribution in [0.1, 0.15) is 47.8 Å². The molecule has 2 aromatic heterocycles. The third-order valence-electron chi connectivity index (χ3n) is 9.29. The van der Waals surface area contributed by atoms with Gasteiger partial charge in [-0.15, -0.1) is 0 Å². The average molecular weight is 891 g/mol. The molecule has 6 aromatic rings. The largest absolute Gasteiger partial charge is 0.382 e. The molecular formula is C46H54N10O7S. The fraction of sp³-hybridized carbons (Fsp3) is 0.304. The molecule has 6 rings (SSSR count). The lowest BCUT2D eigenvalue weighted by Gasteiger charge is -2.16. The molecule has 2 unspecified atom stereocenters. The van der Waals surface area contributed by atoms with Gasteiger partial charge in [0.1, 0.15) is 16.5 Å². The number of rotatable bonds is 25. The second-order valence-corrected chi connectivity index (χ2v) is 16.2. The lowest BCUT2D eigenvalue weighted by atomic mass is 10.1.